The Kier molecular flexibility index (Phi) is 4.40. The van der Waals surface area contributed by atoms with Crippen molar-refractivity contribution in [1.82, 2.24) is 29.7 Å². The van der Waals surface area contributed by atoms with Crippen LogP contribution in [-0.4, -0.2) is 29.7 Å². The lowest BCUT2D eigenvalue weighted by Gasteiger charge is -2.18. The van der Waals surface area contributed by atoms with E-state index in [0.717, 1.165) is 45.2 Å². The summed E-state index contributed by atoms with van der Waals surface area (Å²) in [5.74, 6) is 2.33. The van der Waals surface area contributed by atoms with Gasteiger partial charge in [-0.15, -0.1) is 21.5 Å². The number of hydrogen-bond donors (Lipinski definition) is 0. The molecular weight excluding hydrogens is 388 g/mol. The summed E-state index contributed by atoms with van der Waals surface area (Å²) in [6.07, 6.45) is 7.03. The van der Waals surface area contributed by atoms with Gasteiger partial charge in [0.25, 0.3) is 0 Å². The molecule has 4 heterocycles. The molecule has 0 amide bonds. The maximum Gasteiger partial charge on any atom is 0.197 e. The zero-order valence-electron chi connectivity index (χ0n) is 16.0. The highest BCUT2D eigenvalue weighted by Crippen LogP contribution is 2.42. The number of thiophene rings is 1. The largest absolute Gasteiger partial charge is 0.309 e. The van der Waals surface area contributed by atoms with E-state index in [1.54, 1.807) is 18.0 Å². The van der Waals surface area contributed by atoms with Crippen LogP contribution in [0.2, 0.25) is 0 Å². The van der Waals surface area contributed by atoms with Gasteiger partial charge in [-0.3, -0.25) is 4.98 Å². The molecule has 5 rings (SSSR count). The predicted molar refractivity (Wildman–Crippen MR) is 112 cm³/mol. The fraction of sp³-hybridized carbons (Fsp3) is 0.350. The van der Waals surface area contributed by atoms with Gasteiger partial charge in [-0.25, -0.2) is 9.97 Å². The number of rotatable bonds is 3. The lowest BCUT2D eigenvalue weighted by molar-refractivity contribution is 0.509. The van der Waals surface area contributed by atoms with Crippen molar-refractivity contribution in [3.63, 3.8) is 0 Å². The summed E-state index contributed by atoms with van der Waals surface area (Å²) in [4.78, 5) is 16.6. The Labute approximate surface area is 171 Å². The topological polar surface area (TPSA) is 69.4 Å². The van der Waals surface area contributed by atoms with Crippen LogP contribution in [0, 0.1) is 12.8 Å². The number of fused-ring (bicyclic) bond motifs is 3. The molecule has 6 nitrogen and oxygen atoms in total. The monoisotopic (exact) mass is 408 g/mol. The summed E-state index contributed by atoms with van der Waals surface area (Å²) < 4.78 is 2.00. The summed E-state index contributed by atoms with van der Waals surface area (Å²) in [6.45, 7) is 4.29. The molecule has 0 saturated heterocycles. The average molecular weight is 409 g/mol. The molecule has 1 aliphatic rings. The number of aromatic nitrogens is 6. The summed E-state index contributed by atoms with van der Waals surface area (Å²) in [7, 11) is 1.99. The third kappa shape index (κ3) is 3.00. The molecule has 28 heavy (non-hydrogen) atoms. The summed E-state index contributed by atoms with van der Waals surface area (Å²) >= 11 is 3.39. The van der Waals surface area contributed by atoms with Gasteiger partial charge in [0.2, 0.25) is 0 Å². The maximum absolute atomic E-state index is 4.95. The second-order valence-electron chi connectivity index (χ2n) is 7.32. The van der Waals surface area contributed by atoms with Crippen molar-refractivity contribution in [1.29, 1.82) is 0 Å². The van der Waals surface area contributed by atoms with Gasteiger partial charge >= 0.3 is 0 Å². The van der Waals surface area contributed by atoms with Crippen LogP contribution in [-0.2, 0) is 19.9 Å². The summed E-state index contributed by atoms with van der Waals surface area (Å²) in [5.41, 5.74) is 2.36. The van der Waals surface area contributed by atoms with Crippen LogP contribution in [0.1, 0.15) is 29.6 Å². The molecular formula is C20H20N6S2. The van der Waals surface area contributed by atoms with Crippen molar-refractivity contribution in [2.45, 2.75) is 43.3 Å². The highest BCUT2D eigenvalue weighted by atomic mass is 32.2. The van der Waals surface area contributed by atoms with Crippen LogP contribution in [0.3, 0.4) is 0 Å². The van der Waals surface area contributed by atoms with Crippen LogP contribution < -0.4 is 0 Å². The molecule has 1 atom stereocenters. The second kappa shape index (κ2) is 6.93. The van der Waals surface area contributed by atoms with Gasteiger partial charge in [-0.1, -0.05) is 6.92 Å². The van der Waals surface area contributed by atoms with Gasteiger partial charge in [0.15, 0.2) is 11.0 Å². The number of aryl methyl sites for hydroxylation is 2. The van der Waals surface area contributed by atoms with E-state index >= 15 is 0 Å². The van der Waals surface area contributed by atoms with Crippen molar-refractivity contribution in [3.05, 3.63) is 40.8 Å². The Hall–Kier alpha value is -2.32. The van der Waals surface area contributed by atoms with E-state index < -0.39 is 0 Å². The molecule has 0 saturated carbocycles. The van der Waals surface area contributed by atoms with E-state index in [0.29, 0.717) is 5.82 Å². The fourth-order valence-electron chi connectivity index (χ4n) is 3.57. The van der Waals surface area contributed by atoms with Gasteiger partial charge in [0.05, 0.1) is 0 Å². The lowest BCUT2D eigenvalue weighted by atomic mass is 9.89. The molecule has 0 aliphatic heterocycles. The Morgan fingerprint density at radius 2 is 2.14 bits per heavy atom. The van der Waals surface area contributed by atoms with Crippen LogP contribution in [0.4, 0.5) is 0 Å². The van der Waals surface area contributed by atoms with E-state index in [-0.39, 0.29) is 0 Å². The minimum atomic E-state index is 0.716. The summed E-state index contributed by atoms with van der Waals surface area (Å²) in [5, 5.41) is 11.5. The molecule has 0 aromatic carbocycles. The van der Waals surface area contributed by atoms with E-state index in [1.807, 2.05) is 48.2 Å². The third-order valence-corrected chi connectivity index (χ3v) is 7.46. The lowest BCUT2D eigenvalue weighted by Crippen LogP contribution is -2.08. The molecule has 142 valence electrons. The van der Waals surface area contributed by atoms with Gasteiger partial charge in [0, 0.05) is 35.3 Å². The molecule has 0 bridgehead atoms. The van der Waals surface area contributed by atoms with E-state index in [4.69, 9.17) is 9.97 Å². The quantitative estimate of drug-likeness (QED) is 0.466. The van der Waals surface area contributed by atoms with Crippen molar-refractivity contribution < 1.29 is 0 Å². The van der Waals surface area contributed by atoms with E-state index in [2.05, 4.69) is 22.1 Å². The van der Waals surface area contributed by atoms with Crippen molar-refractivity contribution >= 4 is 33.3 Å². The smallest absolute Gasteiger partial charge is 0.197 e. The maximum atomic E-state index is 4.95. The van der Waals surface area contributed by atoms with Crippen LogP contribution in [0.5, 0.6) is 0 Å². The van der Waals surface area contributed by atoms with Crippen LogP contribution >= 0.6 is 23.1 Å². The molecule has 0 radical (unpaired) electrons. The zero-order chi connectivity index (χ0) is 19.3. The Balaban J connectivity index is 1.71. The van der Waals surface area contributed by atoms with Crippen molar-refractivity contribution in [2.24, 2.45) is 13.0 Å². The Morgan fingerprint density at radius 3 is 2.89 bits per heavy atom. The van der Waals surface area contributed by atoms with E-state index in [1.165, 1.54) is 22.2 Å². The number of hydrogen-bond acceptors (Lipinski definition) is 7. The molecule has 1 aliphatic carbocycles. The normalized spacial score (nSPS) is 16.5. The van der Waals surface area contributed by atoms with Crippen LogP contribution in [0.25, 0.3) is 21.6 Å². The van der Waals surface area contributed by atoms with Gasteiger partial charge in [-0.05, 0) is 61.6 Å². The average Bonchev–Trinajstić information content (AvgIpc) is 3.22. The first-order chi connectivity index (χ1) is 13.6. The summed E-state index contributed by atoms with van der Waals surface area (Å²) in [6, 6.07) is 3.92. The predicted octanol–water partition coefficient (Wildman–Crippen LogP) is 4.47. The number of pyridine rings is 1. The van der Waals surface area contributed by atoms with E-state index in [9.17, 15) is 0 Å². The Morgan fingerprint density at radius 1 is 1.25 bits per heavy atom. The zero-order valence-corrected chi connectivity index (χ0v) is 17.6. The van der Waals surface area contributed by atoms with Gasteiger partial charge < -0.3 is 4.57 Å². The number of nitrogens with zero attached hydrogens (tertiary/aromatic N) is 6. The fourth-order valence-corrected chi connectivity index (χ4v) is 5.99. The highest BCUT2D eigenvalue weighted by molar-refractivity contribution is 7.99. The van der Waals surface area contributed by atoms with Gasteiger partial charge in [0.1, 0.15) is 15.7 Å². The molecule has 4 aromatic rings. The van der Waals surface area contributed by atoms with Crippen LogP contribution in [0.15, 0.2) is 34.7 Å². The third-order valence-electron chi connectivity index (χ3n) is 5.28. The first kappa shape index (κ1) is 17.8. The first-order valence-corrected chi connectivity index (χ1v) is 11.0. The molecule has 0 unspecified atom stereocenters. The molecule has 0 N–H and O–H groups in total. The standard InChI is InChI=1S/C20H20N6S2/c1-11-6-7-14-15(9-11)27-18-16(14)19(28-20-25-24-12(2)26(20)3)23-17(22-18)13-5-4-8-21-10-13/h4-5,8,10-11H,6-7,9H2,1-3H3/t11-/m0/s1. The molecule has 4 aromatic heterocycles. The minimum absolute atomic E-state index is 0.716. The second-order valence-corrected chi connectivity index (χ2v) is 9.36. The minimum Gasteiger partial charge on any atom is -0.309 e. The molecule has 0 spiro atoms. The van der Waals surface area contributed by atoms with Crippen molar-refractivity contribution in [3.8, 4) is 11.4 Å². The SMILES string of the molecule is Cc1nnc(Sc2nc(-c3cccnc3)nc3sc4c(c23)CC[C@H](C)C4)n1C. The van der Waals surface area contributed by atoms with Crippen molar-refractivity contribution in [2.75, 3.05) is 0 Å². The molecule has 8 heteroatoms. The first-order valence-electron chi connectivity index (χ1n) is 9.36. The highest BCUT2D eigenvalue weighted by Gasteiger charge is 2.25. The van der Waals surface area contributed by atoms with Gasteiger partial charge in [-0.2, -0.15) is 0 Å². The Bertz CT molecular complexity index is 1160. The molecule has 0 fully saturated rings.